The molecule has 4 rings (SSSR count). The van der Waals surface area contributed by atoms with Gasteiger partial charge in [-0.2, -0.15) is 10.4 Å². The van der Waals surface area contributed by atoms with Crippen molar-refractivity contribution in [3.05, 3.63) is 66.0 Å². The van der Waals surface area contributed by atoms with E-state index in [0.717, 1.165) is 22.6 Å². The van der Waals surface area contributed by atoms with Crippen molar-refractivity contribution < 1.29 is 14.2 Å². The van der Waals surface area contributed by atoms with Gasteiger partial charge in [-0.1, -0.05) is 18.2 Å². The molecule has 0 fully saturated rings. The largest absolute Gasteiger partial charge is 0.497 e. The molecule has 3 N–H and O–H groups in total. The number of amidine groups is 1. The van der Waals surface area contributed by atoms with Crippen LogP contribution in [0.5, 0.6) is 17.2 Å². The summed E-state index contributed by atoms with van der Waals surface area (Å²) in [6.45, 7) is 0.798. The van der Waals surface area contributed by atoms with E-state index in [0.29, 0.717) is 42.0 Å². The minimum Gasteiger partial charge on any atom is -0.497 e. The van der Waals surface area contributed by atoms with Crippen LogP contribution in [0, 0.1) is 11.3 Å². The Bertz CT molecular complexity index is 1190. The lowest BCUT2D eigenvalue weighted by Gasteiger charge is -2.14. The van der Waals surface area contributed by atoms with Crippen molar-refractivity contribution in [2.24, 2.45) is 4.99 Å². The van der Waals surface area contributed by atoms with Crippen LogP contribution in [-0.2, 0) is 6.61 Å². The summed E-state index contributed by atoms with van der Waals surface area (Å²) in [6, 6.07) is 17.2. The summed E-state index contributed by atoms with van der Waals surface area (Å²) in [5.74, 6) is 3.35. The third-order valence-electron chi connectivity index (χ3n) is 4.80. The van der Waals surface area contributed by atoms with Crippen LogP contribution in [0.15, 0.2) is 65.4 Å². The van der Waals surface area contributed by atoms with Crippen LogP contribution < -0.4 is 24.8 Å². The van der Waals surface area contributed by atoms with E-state index in [2.05, 4.69) is 25.8 Å². The molecule has 9 heteroatoms. The topological polar surface area (TPSA) is 117 Å². The first-order valence-corrected chi connectivity index (χ1v) is 9.86. The molecule has 0 bridgehead atoms. The molecule has 0 radical (unpaired) electrons. The van der Waals surface area contributed by atoms with Crippen LogP contribution in [0.3, 0.4) is 0 Å². The molecular weight excluding hydrogens is 408 g/mol. The minimum atomic E-state index is 0.388. The lowest BCUT2D eigenvalue weighted by molar-refractivity contribution is 0.305. The van der Waals surface area contributed by atoms with Crippen molar-refractivity contribution in [3.8, 4) is 34.6 Å². The highest BCUT2D eigenvalue weighted by Crippen LogP contribution is 2.38. The van der Waals surface area contributed by atoms with E-state index in [-0.39, 0.29) is 0 Å². The molecule has 0 atom stereocenters. The van der Waals surface area contributed by atoms with Crippen molar-refractivity contribution in [2.45, 2.75) is 6.61 Å². The van der Waals surface area contributed by atoms with Gasteiger partial charge in [0.25, 0.3) is 0 Å². The number of methoxy groups -OCH3 is 2. The predicted molar refractivity (Wildman–Crippen MR) is 121 cm³/mol. The first-order valence-electron chi connectivity index (χ1n) is 9.86. The van der Waals surface area contributed by atoms with Gasteiger partial charge in [-0.25, -0.2) is 4.99 Å². The number of aliphatic imine (C=N–C) groups is 1. The number of rotatable bonds is 7. The van der Waals surface area contributed by atoms with Gasteiger partial charge in [-0.15, -0.1) is 0 Å². The van der Waals surface area contributed by atoms with Crippen molar-refractivity contribution in [2.75, 3.05) is 26.1 Å². The quantitative estimate of drug-likeness (QED) is 0.526. The van der Waals surface area contributed by atoms with Gasteiger partial charge in [0.15, 0.2) is 5.82 Å². The molecule has 1 aliphatic heterocycles. The molecular formula is C23H22N6O3. The highest BCUT2D eigenvalue weighted by Gasteiger charge is 2.17. The standard InChI is InChI=1S/C23H22N6O3/c1-30-17-8-6-15(7-9-17)14-32-20-5-3-4-19(31-2)23(20)18-10-21(29-28-18)27-22-13-25-16(11-24)12-26-22/h3-10,12,25H,13-14H2,1-2H3,(H2,26,27,28,29). The molecule has 2 aromatic carbocycles. The average molecular weight is 430 g/mol. The highest BCUT2D eigenvalue weighted by molar-refractivity contribution is 5.97. The monoisotopic (exact) mass is 430 g/mol. The maximum Gasteiger partial charge on any atom is 0.153 e. The Morgan fingerprint density at radius 1 is 1.09 bits per heavy atom. The molecule has 0 saturated heterocycles. The summed E-state index contributed by atoms with van der Waals surface area (Å²) in [6.07, 6.45) is 1.48. The lowest BCUT2D eigenvalue weighted by atomic mass is 10.1. The maximum atomic E-state index is 8.89. The first kappa shape index (κ1) is 20.8. The molecule has 0 aliphatic carbocycles. The molecule has 0 amide bonds. The van der Waals surface area contributed by atoms with Gasteiger partial charge in [0.05, 0.1) is 38.2 Å². The second kappa shape index (κ2) is 9.57. The summed E-state index contributed by atoms with van der Waals surface area (Å²) in [5, 5.41) is 22.4. The molecule has 1 aromatic heterocycles. The van der Waals surface area contributed by atoms with Crippen molar-refractivity contribution in [1.29, 1.82) is 5.26 Å². The minimum absolute atomic E-state index is 0.388. The fourth-order valence-corrected chi connectivity index (χ4v) is 3.17. The van der Waals surface area contributed by atoms with E-state index in [1.54, 1.807) is 14.2 Å². The second-order valence-corrected chi connectivity index (χ2v) is 6.85. The Morgan fingerprint density at radius 3 is 2.59 bits per heavy atom. The zero-order valence-electron chi connectivity index (χ0n) is 17.7. The van der Waals surface area contributed by atoms with E-state index in [4.69, 9.17) is 19.5 Å². The number of anilines is 1. The van der Waals surface area contributed by atoms with E-state index < -0.39 is 0 Å². The molecule has 1 aliphatic rings. The number of ether oxygens (including phenoxy) is 3. The van der Waals surface area contributed by atoms with Crippen molar-refractivity contribution in [3.63, 3.8) is 0 Å². The van der Waals surface area contributed by atoms with Crippen LogP contribution >= 0.6 is 0 Å². The molecule has 2 heterocycles. The van der Waals surface area contributed by atoms with Gasteiger partial charge < -0.3 is 24.8 Å². The molecule has 0 unspecified atom stereocenters. The zero-order chi connectivity index (χ0) is 22.3. The van der Waals surface area contributed by atoms with E-state index in [1.165, 1.54) is 6.20 Å². The number of hydrogen-bond acceptors (Lipinski definition) is 8. The van der Waals surface area contributed by atoms with E-state index in [9.17, 15) is 0 Å². The maximum absolute atomic E-state index is 8.89. The molecule has 32 heavy (non-hydrogen) atoms. The van der Waals surface area contributed by atoms with Crippen LogP contribution in [0.4, 0.5) is 5.82 Å². The number of hydrogen-bond donors (Lipinski definition) is 3. The number of allylic oxidation sites excluding steroid dienone is 1. The third kappa shape index (κ3) is 4.65. The van der Waals surface area contributed by atoms with Crippen LogP contribution in [0.25, 0.3) is 11.3 Å². The Labute approximate surface area is 185 Å². The number of aromatic nitrogens is 2. The number of benzene rings is 2. The van der Waals surface area contributed by atoms with Crippen LogP contribution in [0.1, 0.15) is 5.56 Å². The number of aromatic amines is 1. The fourth-order valence-electron chi connectivity index (χ4n) is 3.17. The molecule has 162 valence electrons. The summed E-state index contributed by atoms with van der Waals surface area (Å²) in [7, 11) is 3.25. The Morgan fingerprint density at radius 2 is 1.91 bits per heavy atom. The van der Waals surface area contributed by atoms with Crippen molar-refractivity contribution >= 4 is 11.7 Å². The van der Waals surface area contributed by atoms with Gasteiger partial charge in [0.1, 0.15) is 41.5 Å². The lowest BCUT2D eigenvalue weighted by Crippen LogP contribution is -2.30. The second-order valence-electron chi connectivity index (χ2n) is 6.85. The molecule has 3 aromatic rings. The number of nitrogens with one attached hydrogen (secondary N) is 3. The molecule has 0 saturated carbocycles. The summed E-state index contributed by atoms with van der Waals surface area (Å²) in [5.41, 5.74) is 2.93. The number of nitriles is 1. The summed E-state index contributed by atoms with van der Waals surface area (Å²) in [4.78, 5) is 4.23. The summed E-state index contributed by atoms with van der Waals surface area (Å²) >= 11 is 0. The number of nitrogens with zero attached hydrogens (tertiary/aromatic N) is 3. The Kier molecular flexibility index (Phi) is 6.22. The highest BCUT2D eigenvalue weighted by atomic mass is 16.5. The third-order valence-corrected chi connectivity index (χ3v) is 4.80. The average Bonchev–Trinajstić information content (AvgIpc) is 3.31. The Hall–Kier alpha value is -4.45. The summed E-state index contributed by atoms with van der Waals surface area (Å²) < 4.78 is 16.9. The smallest absolute Gasteiger partial charge is 0.153 e. The van der Waals surface area contributed by atoms with Crippen LogP contribution in [-0.4, -0.2) is 36.8 Å². The van der Waals surface area contributed by atoms with Gasteiger partial charge >= 0.3 is 0 Å². The van der Waals surface area contributed by atoms with Gasteiger partial charge in [0.2, 0.25) is 0 Å². The van der Waals surface area contributed by atoms with Gasteiger partial charge in [-0.05, 0) is 29.8 Å². The fraction of sp³-hybridized carbons (Fsp3) is 0.174. The van der Waals surface area contributed by atoms with E-state index in [1.807, 2.05) is 54.6 Å². The zero-order valence-corrected chi connectivity index (χ0v) is 17.7. The van der Waals surface area contributed by atoms with Crippen LogP contribution in [0.2, 0.25) is 0 Å². The molecule has 9 nitrogen and oxygen atoms in total. The van der Waals surface area contributed by atoms with E-state index >= 15 is 0 Å². The van der Waals surface area contributed by atoms with Crippen molar-refractivity contribution in [1.82, 2.24) is 15.5 Å². The normalized spacial score (nSPS) is 12.7. The molecule has 0 spiro atoms. The predicted octanol–water partition coefficient (Wildman–Crippen LogP) is 3.45. The Balaban J connectivity index is 1.54. The SMILES string of the molecule is COc1ccc(COc2cccc(OC)c2-c2cc(NC3=NC=C(C#N)NC3)n[nH]2)cc1. The first-order chi connectivity index (χ1) is 15.7. The van der Waals surface area contributed by atoms with Gasteiger partial charge in [-0.3, -0.25) is 5.10 Å². The number of H-pyrrole nitrogens is 1. The van der Waals surface area contributed by atoms with Gasteiger partial charge in [0, 0.05) is 6.07 Å².